The maximum Gasteiger partial charge on any atom is 0.326 e. The van der Waals surface area contributed by atoms with Gasteiger partial charge >= 0.3 is 11.9 Å². The maximum atomic E-state index is 12.7. The number of nitrogens with two attached hydrogens (primary N) is 1. The molecule has 0 rings (SSSR count). The van der Waals surface area contributed by atoms with Gasteiger partial charge in [0.05, 0.1) is 0 Å². The van der Waals surface area contributed by atoms with Gasteiger partial charge < -0.3 is 20.9 Å². The summed E-state index contributed by atoms with van der Waals surface area (Å²) in [5.74, 6) is -1.22. The average Bonchev–Trinajstić information content (AvgIpc) is 3.03. The van der Waals surface area contributed by atoms with Crippen LogP contribution in [-0.4, -0.2) is 41.6 Å². The summed E-state index contributed by atoms with van der Waals surface area (Å²) in [4.78, 5) is 36.2. The lowest BCUT2D eigenvalue weighted by atomic mass is 10.0. The highest BCUT2D eigenvalue weighted by atomic mass is 16.5. The van der Waals surface area contributed by atoms with Gasteiger partial charge in [0, 0.05) is 12.8 Å². The van der Waals surface area contributed by atoms with E-state index in [4.69, 9.17) is 10.5 Å². The zero-order valence-electron chi connectivity index (χ0n) is 30.4. The monoisotopic (exact) mass is 653 g/mol. The molecule has 0 aliphatic carbocycles. The zero-order valence-corrected chi connectivity index (χ0v) is 30.4. The van der Waals surface area contributed by atoms with Crippen LogP contribution >= 0.6 is 0 Å². The molecule has 0 spiro atoms. The highest BCUT2D eigenvalue weighted by Gasteiger charge is 2.19. The van der Waals surface area contributed by atoms with Crippen molar-refractivity contribution < 1.29 is 24.2 Å². The Hall–Kier alpha value is -1.63. The minimum atomic E-state index is -1.00. The Morgan fingerprint density at radius 3 is 1.35 bits per heavy atom. The van der Waals surface area contributed by atoms with Crippen molar-refractivity contribution in [3.8, 4) is 0 Å². The van der Waals surface area contributed by atoms with Crippen LogP contribution in [0.2, 0.25) is 0 Å². The molecule has 0 aliphatic rings. The van der Waals surface area contributed by atoms with Gasteiger partial charge in [0.2, 0.25) is 5.91 Å². The number of hydrogen-bond donors (Lipinski definition) is 3. The summed E-state index contributed by atoms with van der Waals surface area (Å²) in [5, 5.41) is 11.9. The molecule has 0 fully saturated rings. The third-order valence-electron chi connectivity index (χ3n) is 9.17. The van der Waals surface area contributed by atoms with Crippen molar-refractivity contribution in [2.24, 2.45) is 5.73 Å². The SMILES string of the molecule is CCCCCCCCCCCCCCC(=O)OC(CCCCCCCCCC)CCCCCCCC(=O)NC(CCCN)C(=O)O. The molecule has 0 radical (unpaired) electrons. The van der Waals surface area contributed by atoms with Crippen LogP contribution in [0.4, 0.5) is 0 Å². The fourth-order valence-corrected chi connectivity index (χ4v) is 6.16. The molecular weight excluding hydrogens is 576 g/mol. The van der Waals surface area contributed by atoms with Crippen LogP contribution in [0, 0.1) is 0 Å². The topological polar surface area (TPSA) is 119 Å². The third kappa shape index (κ3) is 31.0. The molecule has 272 valence electrons. The molecule has 0 aromatic carbocycles. The van der Waals surface area contributed by atoms with Gasteiger partial charge in [-0.25, -0.2) is 4.79 Å². The molecule has 7 heteroatoms. The Morgan fingerprint density at radius 2 is 0.935 bits per heavy atom. The van der Waals surface area contributed by atoms with Crippen molar-refractivity contribution in [3.63, 3.8) is 0 Å². The number of carboxylic acid groups (broad SMARTS) is 1. The van der Waals surface area contributed by atoms with Crippen LogP contribution in [0.25, 0.3) is 0 Å². The zero-order chi connectivity index (χ0) is 33.9. The van der Waals surface area contributed by atoms with Crippen molar-refractivity contribution >= 4 is 17.8 Å². The van der Waals surface area contributed by atoms with Gasteiger partial charge in [-0.2, -0.15) is 0 Å². The van der Waals surface area contributed by atoms with Gasteiger partial charge in [-0.1, -0.05) is 149 Å². The molecular formula is C39H76N2O5. The lowest BCUT2D eigenvalue weighted by molar-refractivity contribution is -0.150. The quantitative estimate of drug-likeness (QED) is 0.0458. The molecule has 0 saturated heterocycles. The lowest BCUT2D eigenvalue weighted by Crippen LogP contribution is -2.40. The molecule has 0 aromatic heterocycles. The average molecular weight is 653 g/mol. The van der Waals surface area contributed by atoms with E-state index in [1.54, 1.807) is 0 Å². The van der Waals surface area contributed by atoms with E-state index in [-0.39, 0.29) is 18.0 Å². The smallest absolute Gasteiger partial charge is 0.326 e. The molecule has 0 aliphatic heterocycles. The number of hydrogen-bond acceptors (Lipinski definition) is 5. The molecule has 46 heavy (non-hydrogen) atoms. The molecule has 2 unspecified atom stereocenters. The van der Waals surface area contributed by atoms with Crippen LogP contribution in [0.1, 0.15) is 213 Å². The standard InChI is InChI=1S/C39H76N2O5/c1-3-5-7-9-11-13-14-15-16-18-23-27-33-38(43)46-35(29-24-20-17-12-10-8-6-4-2)30-25-21-19-22-26-32-37(42)41-36(39(44)45)31-28-34-40/h35-36H,3-34,40H2,1-2H3,(H,41,42)(H,44,45). The fourth-order valence-electron chi connectivity index (χ4n) is 6.16. The van der Waals surface area contributed by atoms with Gasteiger partial charge in [-0.15, -0.1) is 0 Å². The number of aliphatic carboxylic acids is 1. The predicted octanol–water partition coefficient (Wildman–Crippen LogP) is 10.6. The molecule has 0 heterocycles. The van der Waals surface area contributed by atoms with E-state index in [1.807, 2.05) is 0 Å². The van der Waals surface area contributed by atoms with E-state index in [1.165, 1.54) is 109 Å². The summed E-state index contributed by atoms with van der Waals surface area (Å²) in [7, 11) is 0. The van der Waals surface area contributed by atoms with Gasteiger partial charge in [0.25, 0.3) is 0 Å². The Morgan fingerprint density at radius 1 is 0.543 bits per heavy atom. The minimum Gasteiger partial charge on any atom is -0.480 e. The van der Waals surface area contributed by atoms with Crippen molar-refractivity contribution in [1.29, 1.82) is 0 Å². The number of ether oxygens (including phenoxy) is 1. The summed E-state index contributed by atoms with van der Waals surface area (Å²) >= 11 is 0. The van der Waals surface area contributed by atoms with Crippen molar-refractivity contribution in [3.05, 3.63) is 0 Å². The third-order valence-corrected chi connectivity index (χ3v) is 9.17. The molecule has 0 saturated carbocycles. The molecule has 7 nitrogen and oxygen atoms in total. The Bertz CT molecular complexity index is 702. The number of rotatable bonds is 36. The molecule has 0 aromatic rings. The van der Waals surface area contributed by atoms with Crippen molar-refractivity contribution in [2.75, 3.05) is 6.54 Å². The second-order valence-corrected chi connectivity index (χ2v) is 13.7. The summed E-state index contributed by atoms with van der Waals surface area (Å²) in [5.41, 5.74) is 5.47. The van der Waals surface area contributed by atoms with E-state index < -0.39 is 12.0 Å². The van der Waals surface area contributed by atoms with Gasteiger partial charge in [0.1, 0.15) is 12.1 Å². The van der Waals surface area contributed by atoms with E-state index >= 15 is 0 Å². The highest BCUT2D eigenvalue weighted by molar-refractivity contribution is 5.83. The van der Waals surface area contributed by atoms with Crippen LogP contribution < -0.4 is 11.1 Å². The van der Waals surface area contributed by atoms with E-state index in [2.05, 4.69) is 19.2 Å². The van der Waals surface area contributed by atoms with Gasteiger partial charge in [0.15, 0.2) is 0 Å². The first-order valence-electron chi connectivity index (χ1n) is 19.9. The number of carbonyl (C=O) groups excluding carboxylic acids is 2. The van der Waals surface area contributed by atoms with Crippen molar-refractivity contribution in [1.82, 2.24) is 5.32 Å². The number of carboxylic acids is 1. The molecule has 0 bridgehead atoms. The Kier molecular flexibility index (Phi) is 33.5. The van der Waals surface area contributed by atoms with Crippen LogP contribution in [0.15, 0.2) is 0 Å². The summed E-state index contributed by atoms with van der Waals surface area (Å²) in [6.45, 7) is 4.93. The number of carbonyl (C=O) groups is 3. The molecule has 4 N–H and O–H groups in total. The second kappa shape index (κ2) is 34.7. The number of amides is 1. The van der Waals surface area contributed by atoms with Crippen LogP contribution in [0.3, 0.4) is 0 Å². The largest absolute Gasteiger partial charge is 0.480 e. The number of esters is 1. The molecule has 2 atom stereocenters. The first-order valence-corrected chi connectivity index (χ1v) is 19.9. The van der Waals surface area contributed by atoms with Crippen LogP contribution in [0.5, 0.6) is 0 Å². The van der Waals surface area contributed by atoms with Gasteiger partial charge in [-0.05, 0) is 57.9 Å². The normalized spacial score (nSPS) is 12.6. The Labute approximate surface area is 284 Å². The minimum absolute atomic E-state index is 0.0196. The lowest BCUT2D eigenvalue weighted by Gasteiger charge is -2.18. The van der Waals surface area contributed by atoms with E-state index in [0.717, 1.165) is 64.2 Å². The number of unbranched alkanes of at least 4 members (excludes halogenated alkanes) is 22. The fraction of sp³-hybridized carbons (Fsp3) is 0.923. The van der Waals surface area contributed by atoms with E-state index in [9.17, 15) is 19.5 Å². The predicted molar refractivity (Wildman–Crippen MR) is 193 cm³/mol. The summed E-state index contributed by atoms with van der Waals surface area (Å²) < 4.78 is 6.01. The van der Waals surface area contributed by atoms with Gasteiger partial charge in [-0.3, -0.25) is 9.59 Å². The summed E-state index contributed by atoms with van der Waals surface area (Å²) in [6.07, 6.45) is 34.3. The van der Waals surface area contributed by atoms with Crippen LogP contribution in [-0.2, 0) is 19.1 Å². The highest BCUT2D eigenvalue weighted by Crippen LogP contribution is 2.19. The number of nitrogens with one attached hydrogen (secondary N) is 1. The van der Waals surface area contributed by atoms with E-state index in [0.29, 0.717) is 32.2 Å². The first-order chi connectivity index (χ1) is 22.4. The Balaban J connectivity index is 4.22. The molecule has 1 amide bonds. The van der Waals surface area contributed by atoms with Crippen molar-refractivity contribution in [2.45, 2.75) is 225 Å². The second-order valence-electron chi connectivity index (χ2n) is 13.7. The summed E-state index contributed by atoms with van der Waals surface area (Å²) in [6, 6.07) is -0.850. The maximum absolute atomic E-state index is 12.7. The first kappa shape index (κ1) is 44.4.